The maximum Gasteiger partial charge on any atom is 0.295 e. The van der Waals surface area contributed by atoms with Gasteiger partial charge in [0, 0.05) is 25.0 Å². The van der Waals surface area contributed by atoms with Crippen LogP contribution in [-0.2, 0) is 16.1 Å². The lowest BCUT2D eigenvalue weighted by atomic mass is 9.94. The number of hydrogen-bond acceptors (Lipinski definition) is 9. The first-order valence-corrected chi connectivity index (χ1v) is 12.8. The zero-order chi connectivity index (χ0) is 28.8. The van der Waals surface area contributed by atoms with Crippen LogP contribution in [0.1, 0.15) is 36.6 Å². The molecule has 1 aliphatic heterocycles. The summed E-state index contributed by atoms with van der Waals surface area (Å²) in [5.74, 6) is -0.0879. The third kappa shape index (κ3) is 5.38. The Morgan fingerprint density at radius 2 is 1.52 bits per heavy atom. The van der Waals surface area contributed by atoms with Crippen molar-refractivity contribution in [1.82, 2.24) is 9.88 Å². The molecule has 1 aromatic heterocycles. The molecule has 1 fully saturated rings. The number of amides is 1. The van der Waals surface area contributed by atoms with Crippen LogP contribution in [0.2, 0.25) is 0 Å². The molecule has 1 saturated heterocycles. The number of carbonyl (C=O) groups is 2. The van der Waals surface area contributed by atoms with Gasteiger partial charge in [0.15, 0.2) is 11.5 Å². The van der Waals surface area contributed by atoms with Gasteiger partial charge in [-0.15, -0.1) is 0 Å². The predicted octanol–water partition coefficient (Wildman–Crippen LogP) is 4.53. The normalized spacial score (nSPS) is 16.1. The van der Waals surface area contributed by atoms with Gasteiger partial charge in [-0.2, -0.15) is 0 Å². The Morgan fingerprint density at radius 3 is 2.10 bits per heavy atom. The third-order valence-electron chi connectivity index (χ3n) is 6.46. The maximum atomic E-state index is 13.6. The van der Waals surface area contributed by atoms with E-state index in [2.05, 4.69) is 4.98 Å². The van der Waals surface area contributed by atoms with E-state index in [1.807, 2.05) is 6.92 Å². The summed E-state index contributed by atoms with van der Waals surface area (Å²) in [7, 11) is 4.43. The second-order valence-corrected chi connectivity index (χ2v) is 8.77. The highest BCUT2D eigenvalue weighted by Crippen LogP contribution is 2.47. The fourth-order valence-corrected chi connectivity index (χ4v) is 4.71. The monoisotopic (exact) mass is 548 g/mol. The van der Waals surface area contributed by atoms with Gasteiger partial charge in [0.25, 0.3) is 11.7 Å². The van der Waals surface area contributed by atoms with Crippen LogP contribution in [0.4, 0.5) is 0 Å². The number of ketones is 1. The highest BCUT2D eigenvalue weighted by atomic mass is 16.5. The van der Waals surface area contributed by atoms with E-state index in [4.69, 9.17) is 23.7 Å². The van der Waals surface area contributed by atoms with Crippen LogP contribution in [0, 0.1) is 0 Å². The van der Waals surface area contributed by atoms with Crippen LogP contribution in [0.5, 0.6) is 28.7 Å². The molecule has 1 aliphatic rings. The summed E-state index contributed by atoms with van der Waals surface area (Å²) in [6.45, 7) is 4.50. The molecule has 1 unspecified atom stereocenters. The van der Waals surface area contributed by atoms with Gasteiger partial charge in [-0.3, -0.25) is 14.6 Å². The molecule has 10 heteroatoms. The van der Waals surface area contributed by atoms with E-state index in [1.165, 1.54) is 26.2 Å². The number of Topliss-reactive ketones (excluding diaryl/α,β-unsaturated/α-hetero) is 1. The molecule has 40 heavy (non-hydrogen) atoms. The van der Waals surface area contributed by atoms with Gasteiger partial charge >= 0.3 is 0 Å². The van der Waals surface area contributed by atoms with Crippen LogP contribution >= 0.6 is 0 Å². The number of likely N-dealkylation sites (tertiary alicyclic amines) is 1. The Balaban J connectivity index is 1.96. The molecular formula is C30H32N2O8. The van der Waals surface area contributed by atoms with Gasteiger partial charge in [0.2, 0.25) is 5.75 Å². The van der Waals surface area contributed by atoms with Crippen LogP contribution < -0.4 is 23.7 Å². The summed E-state index contributed by atoms with van der Waals surface area (Å²) in [6, 6.07) is 10.8. The number of carbonyl (C=O) groups excluding carboxylic acids is 2. The van der Waals surface area contributed by atoms with Gasteiger partial charge in [-0.05, 0) is 61.4 Å². The SMILES string of the molecule is CCOc1ccc(/C(O)=C2\C(=O)C(=O)N(Cc3ccncc3)C2c2cc(OC)c(OC)c(OC)c2)c(OCC)c1. The Labute approximate surface area is 232 Å². The molecule has 3 aromatic rings. The minimum absolute atomic E-state index is 0.0901. The van der Waals surface area contributed by atoms with Crippen LogP contribution in [-0.4, -0.2) is 61.2 Å². The minimum Gasteiger partial charge on any atom is -0.507 e. The number of aromatic nitrogens is 1. The van der Waals surface area contributed by atoms with E-state index in [0.717, 1.165) is 5.56 Å². The number of aliphatic hydroxyl groups excluding tert-OH is 1. The number of methoxy groups -OCH3 is 3. The fourth-order valence-electron chi connectivity index (χ4n) is 4.71. The Morgan fingerprint density at radius 1 is 0.875 bits per heavy atom. The number of aliphatic hydroxyl groups is 1. The van der Waals surface area contributed by atoms with Crippen LogP contribution in [0.3, 0.4) is 0 Å². The molecule has 0 saturated carbocycles. The molecule has 0 spiro atoms. The van der Waals surface area contributed by atoms with Crippen molar-refractivity contribution in [3.05, 3.63) is 77.1 Å². The number of hydrogen-bond donors (Lipinski definition) is 1. The summed E-state index contributed by atoms with van der Waals surface area (Å²) in [6.07, 6.45) is 3.21. The smallest absolute Gasteiger partial charge is 0.295 e. The van der Waals surface area contributed by atoms with Crippen molar-refractivity contribution < 1.29 is 38.4 Å². The Kier molecular flexibility index (Phi) is 8.78. The molecular weight excluding hydrogens is 516 g/mol. The lowest BCUT2D eigenvalue weighted by molar-refractivity contribution is -0.140. The standard InChI is InChI=1S/C30H32N2O8/c1-6-39-20-8-9-21(22(16-20)40-7-2)27(33)25-26(19-14-23(36-3)29(38-5)24(15-19)37-4)32(30(35)28(25)34)17-18-10-12-31-13-11-18/h8-16,26,33H,6-7,17H2,1-5H3/b27-25+. The van der Waals surface area contributed by atoms with Gasteiger partial charge in [0.1, 0.15) is 17.3 Å². The lowest BCUT2D eigenvalue weighted by Gasteiger charge is -2.27. The summed E-state index contributed by atoms with van der Waals surface area (Å²) in [5, 5.41) is 11.7. The first-order chi connectivity index (χ1) is 19.4. The zero-order valence-corrected chi connectivity index (χ0v) is 23.1. The highest BCUT2D eigenvalue weighted by Gasteiger charge is 2.47. The number of benzene rings is 2. The second kappa shape index (κ2) is 12.4. The number of nitrogens with zero attached hydrogens (tertiary/aromatic N) is 2. The Bertz CT molecular complexity index is 1400. The van der Waals surface area contributed by atoms with Gasteiger partial charge in [-0.1, -0.05) is 0 Å². The van der Waals surface area contributed by atoms with E-state index in [-0.39, 0.29) is 23.4 Å². The summed E-state index contributed by atoms with van der Waals surface area (Å²) in [5.41, 5.74) is 1.39. The topological polar surface area (TPSA) is 117 Å². The molecule has 0 radical (unpaired) electrons. The fraction of sp³-hybridized carbons (Fsp3) is 0.300. The Hall–Kier alpha value is -4.73. The highest BCUT2D eigenvalue weighted by molar-refractivity contribution is 6.46. The molecule has 1 atom stereocenters. The van der Waals surface area contributed by atoms with Crippen molar-refractivity contribution in [3.63, 3.8) is 0 Å². The van der Waals surface area contributed by atoms with Gasteiger partial charge in [0.05, 0.1) is 51.7 Å². The van der Waals surface area contributed by atoms with Crippen molar-refractivity contribution >= 4 is 17.4 Å². The summed E-state index contributed by atoms with van der Waals surface area (Å²) >= 11 is 0. The first-order valence-electron chi connectivity index (χ1n) is 12.8. The van der Waals surface area contributed by atoms with Crippen LogP contribution in [0.25, 0.3) is 5.76 Å². The van der Waals surface area contributed by atoms with Gasteiger partial charge in [-0.25, -0.2) is 0 Å². The molecule has 4 rings (SSSR count). The van der Waals surface area contributed by atoms with E-state index >= 15 is 0 Å². The lowest BCUT2D eigenvalue weighted by Crippen LogP contribution is -2.29. The molecule has 0 aliphatic carbocycles. The predicted molar refractivity (Wildman–Crippen MR) is 147 cm³/mol. The van der Waals surface area contributed by atoms with Crippen molar-refractivity contribution in [1.29, 1.82) is 0 Å². The third-order valence-corrected chi connectivity index (χ3v) is 6.46. The van der Waals surface area contributed by atoms with E-state index < -0.39 is 17.7 Å². The summed E-state index contributed by atoms with van der Waals surface area (Å²) in [4.78, 5) is 32.5. The molecule has 2 heterocycles. The number of pyridine rings is 1. The molecule has 210 valence electrons. The molecule has 2 aromatic carbocycles. The van der Waals surface area contributed by atoms with E-state index in [0.29, 0.717) is 47.5 Å². The second-order valence-electron chi connectivity index (χ2n) is 8.77. The molecule has 10 nitrogen and oxygen atoms in total. The molecule has 1 amide bonds. The van der Waals surface area contributed by atoms with Crippen molar-refractivity contribution in [2.45, 2.75) is 26.4 Å². The first kappa shape index (κ1) is 28.3. The average molecular weight is 549 g/mol. The minimum atomic E-state index is -0.983. The van der Waals surface area contributed by atoms with Crippen LogP contribution in [0.15, 0.2) is 60.4 Å². The van der Waals surface area contributed by atoms with Gasteiger partial charge < -0.3 is 33.7 Å². The number of rotatable bonds is 11. The zero-order valence-electron chi connectivity index (χ0n) is 23.1. The average Bonchev–Trinajstić information content (AvgIpc) is 3.22. The van der Waals surface area contributed by atoms with Crippen molar-refractivity contribution in [3.8, 4) is 28.7 Å². The number of ether oxygens (including phenoxy) is 5. The van der Waals surface area contributed by atoms with Crippen molar-refractivity contribution in [2.24, 2.45) is 0 Å². The largest absolute Gasteiger partial charge is 0.507 e. The van der Waals surface area contributed by atoms with Crippen molar-refractivity contribution in [2.75, 3.05) is 34.5 Å². The molecule has 1 N–H and O–H groups in total. The maximum absolute atomic E-state index is 13.6. The van der Waals surface area contributed by atoms with E-state index in [9.17, 15) is 14.7 Å². The molecule has 0 bridgehead atoms. The quantitative estimate of drug-likeness (QED) is 0.210. The summed E-state index contributed by atoms with van der Waals surface area (Å²) < 4.78 is 27.9. The van der Waals surface area contributed by atoms with E-state index in [1.54, 1.807) is 61.8 Å².